The molecule has 3 aromatic rings. The Hall–Kier alpha value is -3.05. The van der Waals surface area contributed by atoms with E-state index in [1.807, 2.05) is 48.5 Å². The van der Waals surface area contributed by atoms with E-state index in [1.54, 1.807) is 12.1 Å². The lowest BCUT2D eigenvalue weighted by atomic mass is 10.1. The first kappa shape index (κ1) is 16.4. The van der Waals surface area contributed by atoms with Gasteiger partial charge in [-0.1, -0.05) is 24.3 Å². The third-order valence-corrected chi connectivity index (χ3v) is 4.61. The van der Waals surface area contributed by atoms with Crippen molar-refractivity contribution < 1.29 is 14.6 Å². The van der Waals surface area contributed by atoms with E-state index in [9.17, 15) is 9.90 Å². The number of nitrogens with one attached hydrogen (secondary N) is 1. The average Bonchev–Trinajstić information content (AvgIpc) is 2.68. The molecule has 0 unspecified atom stereocenters. The van der Waals surface area contributed by atoms with Gasteiger partial charge in [0.15, 0.2) is 0 Å². The molecule has 0 radical (unpaired) electrons. The van der Waals surface area contributed by atoms with E-state index in [1.165, 1.54) is 0 Å². The van der Waals surface area contributed by atoms with Gasteiger partial charge in [0.25, 0.3) is 5.91 Å². The van der Waals surface area contributed by atoms with Gasteiger partial charge < -0.3 is 20.1 Å². The third-order valence-electron chi connectivity index (χ3n) is 4.61. The van der Waals surface area contributed by atoms with Gasteiger partial charge in [-0.3, -0.25) is 4.79 Å². The van der Waals surface area contributed by atoms with Crippen molar-refractivity contribution in [3.05, 3.63) is 66.2 Å². The van der Waals surface area contributed by atoms with Crippen molar-refractivity contribution in [1.82, 2.24) is 0 Å². The minimum atomic E-state index is -0.327. The van der Waals surface area contributed by atoms with Gasteiger partial charge in [0.1, 0.15) is 5.75 Å². The number of phenols is 1. The Labute approximate surface area is 151 Å². The van der Waals surface area contributed by atoms with E-state index >= 15 is 0 Å². The number of amides is 1. The maximum atomic E-state index is 12.6. The largest absolute Gasteiger partial charge is 0.507 e. The lowest BCUT2D eigenvalue weighted by molar-refractivity contribution is 0.102. The van der Waals surface area contributed by atoms with Crippen LogP contribution in [0.15, 0.2) is 60.7 Å². The van der Waals surface area contributed by atoms with Crippen molar-refractivity contribution in [3.8, 4) is 5.75 Å². The maximum Gasteiger partial charge on any atom is 0.259 e. The number of nitrogens with zero attached hydrogens (tertiary/aromatic N) is 1. The summed E-state index contributed by atoms with van der Waals surface area (Å²) in [4.78, 5) is 14.8. The number of benzene rings is 3. The standard InChI is InChI=1S/C21H20N2O3/c24-20-14-16-4-2-1-3-15(16)13-19(20)21(25)22-17-5-7-18(8-6-17)23-9-11-26-12-10-23/h1-8,13-14,24H,9-12H2,(H,22,25). The van der Waals surface area contributed by atoms with Crippen LogP contribution in [-0.4, -0.2) is 37.3 Å². The fraction of sp³-hybridized carbons (Fsp3) is 0.190. The first-order chi connectivity index (χ1) is 12.7. The topological polar surface area (TPSA) is 61.8 Å². The van der Waals surface area contributed by atoms with E-state index in [0.717, 1.165) is 42.8 Å². The van der Waals surface area contributed by atoms with Crippen molar-refractivity contribution in [2.24, 2.45) is 0 Å². The SMILES string of the molecule is O=C(Nc1ccc(N2CCOCC2)cc1)c1cc2ccccc2cc1O. The van der Waals surface area contributed by atoms with Crippen LogP contribution in [0.4, 0.5) is 11.4 Å². The van der Waals surface area contributed by atoms with E-state index < -0.39 is 0 Å². The summed E-state index contributed by atoms with van der Waals surface area (Å²) in [5, 5.41) is 14.9. The number of fused-ring (bicyclic) bond motifs is 1. The lowest BCUT2D eigenvalue weighted by Crippen LogP contribution is -2.36. The van der Waals surface area contributed by atoms with Crippen molar-refractivity contribution in [2.45, 2.75) is 0 Å². The van der Waals surface area contributed by atoms with Gasteiger partial charge in [-0.25, -0.2) is 0 Å². The average molecular weight is 348 g/mol. The summed E-state index contributed by atoms with van der Waals surface area (Å²) in [5.74, 6) is -0.349. The smallest absolute Gasteiger partial charge is 0.259 e. The molecule has 0 atom stereocenters. The molecule has 0 aliphatic carbocycles. The highest BCUT2D eigenvalue weighted by atomic mass is 16.5. The van der Waals surface area contributed by atoms with Crippen LogP contribution in [0, 0.1) is 0 Å². The predicted octanol–water partition coefficient (Wildman–Crippen LogP) is 3.63. The summed E-state index contributed by atoms with van der Waals surface area (Å²) in [7, 11) is 0. The molecule has 3 aromatic carbocycles. The van der Waals surface area contributed by atoms with Crippen LogP contribution in [0.5, 0.6) is 5.75 Å². The Bertz CT molecular complexity index is 932. The van der Waals surface area contributed by atoms with Crippen molar-refractivity contribution in [1.29, 1.82) is 0 Å². The number of anilines is 2. The number of hydrogen-bond donors (Lipinski definition) is 2. The quantitative estimate of drug-likeness (QED) is 0.759. The molecule has 0 bridgehead atoms. The number of ether oxygens (including phenoxy) is 1. The van der Waals surface area contributed by atoms with Crippen LogP contribution < -0.4 is 10.2 Å². The number of phenolic OH excluding ortho intramolecular Hbond substituents is 1. The molecule has 0 spiro atoms. The normalized spacial score (nSPS) is 14.4. The van der Waals surface area contributed by atoms with Gasteiger partial charge in [0.2, 0.25) is 0 Å². The maximum absolute atomic E-state index is 12.6. The Morgan fingerprint density at radius 2 is 1.62 bits per heavy atom. The molecule has 26 heavy (non-hydrogen) atoms. The molecule has 2 N–H and O–H groups in total. The van der Waals surface area contributed by atoms with E-state index in [0.29, 0.717) is 5.69 Å². The Balaban J connectivity index is 1.51. The molecule has 1 saturated heterocycles. The van der Waals surface area contributed by atoms with E-state index in [4.69, 9.17) is 4.74 Å². The summed E-state index contributed by atoms with van der Waals surface area (Å²) >= 11 is 0. The molecule has 1 heterocycles. The molecular weight excluding hydrogens is 328 g/mol. The van der Waals surface area contributed by atoms with Gasteiger partial charge in [-0.05, 0) is 47.2 Å². The summed E-state index contributed by atoms with van der Waals surface area (Å²) < 4.78 is 5.37. The molecule has 0 aromatic heterocycles. The van der Waals surface area contributed by atoms with Crippen LogP contribution in [0.2, 0.25) is 0 Å². The summed E-state index contributed by atoms with van der Waals surface area (Å²) in [6, 6.07) is 18.7. The zero-order valence-electron chi connectivity index (χ0n) is 14.3. The monoisotopic (exact) mass is 348 g/mol. The molecule has 1 amide bonds. The second-order valence-corrected chi connectivity index (χ2v) is 6.32. The molecule has 1 fully saturated rings. The fourth-order valence-electron chi connectivity index (χ4n) is 3.19. The number of hydrogen-bond acceptors (Lipinski definition) is 4. The van der Waals surface area contributed by atoms with Crippen molar-refractivity contribution in [2.75, 3.05) is 36.5 Å². The highest BCUT2D eigenvalue weighted by Crippen LogP contribution is 2.26. The Kier molecular flexibility index (Phi) is 4.46. The van der Waals surface area contributed by atoms with Crippen LogP contribution in [-0.2, 0) is 4.74 Å². The number of carbonyl (C=O) groups excluding carboxylic acids is 1. The number of rotatable bonds is 3. The minimum Gasteiger partial charge on any atom is -0.507 e. The van der Waals surface area contributed by atoms with Crippen molar-refractivity contribution >= 4 is 28.1 Å². The van der Waals surface area contributed by atoms with Gasteiger partial charge >= 0.3 is 0 Å². The molecular formula is C21H20N2O3. The van der Waals surface area contributed by atoms with Crippen LogP contribution in [0.3, 0.4) is 0 Å². The number of carbonyl (C=O) groups is 1. The third kappa shape index (κ3) is 3.34. The lowest BCUT2D eigenvalue weighted by Gasteiger charge is -2.28. The summed E-state index contributed by atoms with van der Waals surface area (Å²) in [5.41, 5.74) is 2.07. The Morgan fingerprint density at radius 1 is 0.962 bits per heavy atom. The summed E-state index contributed by atoms with van der Waals surface area (Å²) in [6.07, 6.45) is 0. The van der Waals surface area contributed by atoms with E-state index in [-0.39, 0.29) is 17.2 Å². The number of morpholine rings is 1. The fourth-order valence-corrected chi connectivity index (χ4v) is 3.19. The second kappa shape index (κ2) is 7.06. The highest BCUT2D eigenvalue weighted by molar-refractivity contribution is 6.08. The molecule has 4 rings (SSSR count). The molecule has 0 saturated carbocycles. The predicted molar refractivity (Wildman–Crippen MR) is 103 cm³/mol. The van der Waals surface area contributed by atoms with E-state index in [2.05, 4.69) is 10.2 Å². The molecule has 1 aliphatic heterocycles. The zero-order valence-corrected chi connectivity index (χ0v) is 14.3. The molecule has 1 aliphatic rings. The molecule has 132 valence electrons. The first-order valence-electron chi connectivity index (χ1n) is 8.66. The first-order valence-corrected chi connectivity index (χ1v) is 8.66. The minimum absolute atomic E-state index is 0.0221. The zero-order chi connectivity index (χ0) is 17.9. The van der Waals surface area contributed by atoms with Crippen LogP contribution >= 0.6 is 0 Å². The number of aromatic hydroxyl groups is 1. The Morgan fingerprint density at radius 3 is 2.31 bits per heavy atom. The van der Waals surface area contributed by atoms with Crippen LogP contribution in [0.25, 0.3) is 10.8 Å². The van der Waals surface area contributed by atoms with Gasteiger partial charge in [0, 0.05) is 24.5 Å². The summed E-state index contributed by atoms with van der Waals surface area (Å²) in [6.45, 7) is 3.22. The van der Waals surface area contributed by atoms with Gasteiger partial charge in [-0.15, -0.1) is 0 Å². The highest BCUT2D eigenvalue weighted by Gasteiger charge is 2.14. The van der Waals surface area contributed by atoms with Gasteiger partial charge in [-0.2, -0.15) is 0 Å². The molecule has 5 nitrogen and oxygen atoms in total. The molecule has 5 heteroatoms. The van der Waals surface area contributed by atoms with Crippen LogP contribution in [0.1, 0.15) is 10.4 Å². The second-order valence-electron chi connectivity index (χ2n) is 6.32. The van der Waals surface area contributed by atoms with Crippen molar-refractivity contribution in [3.63, 3.8) is 0 Å². The van der Waals surface area contributed by atoms with Gasteiger partial charge in [0.05, 0.1) is 18.8 Å².